The Bertz CT molecular complexity index is 379. The number of rotatable bonds is 7. The fourth-order valence-corrected chi connectivity index (χ4v) is 1.83. The molecule has 100 valence electrons. The van der Waals surface area contributed by atoms with E-state index >= 15 is 0 Å². The molecule has 0 aliphatic carbocycles. The molecule has 4 nitrogen and oxygen atoms in total. The molecule has 0 aliphatic rings. The third-order valence-corrected chi connectivity index (χ3v) is 2.85. The predicted molar refractivity (Wildman–Crippen MR) is 73.2 cm³/mol. The quantitative estimate of drug-likeness (QED) is 0.749. The largest absolute Gasteiger partial charge is 0.337 e. The monoisotopic (exact) mass is 249 g/mol. The Balaban J connectivity index is 2.53. The maximum absolute atomic E-state index is 12.0. The summed E-state index contributed by atoms with van der Waals surface area (Å²) in [5.41, 5.74) is 1.95. The number of nitrogens with zero attached hydrogens (tertiary/aromatic N) is 2. The lowest BCUT2D eigenvalue weighted by atomic mass is 10.2. The van der Waals surface area contributed by atoms with E-state index in [0.29, 0.717) is 13.0 Å². The summed E-state index contributed by atoms with van der Waals surface area (Å²) in [6.45, 7) is 6.19. The van der Waals surface area contributed by atoms with Crippen LogP contribution in [0.1, 0.15) is 31.2 Å². The summed E-state index contributed by atoms with van der Waals surface area (Å²) >= 11 is 0. The Hall–Kier alpha value is -1.42. The van der Waals surface area contributed by atoms with Gasteiger partial charge in [-0.15, -0.1) is 0 Å². The highest BCUT2D eigenvalue weighted by Gasteiger charge is 2.12. The Morgan fingerprint density at radius 2 is 2.22 bits per heavy atom. The Labute approximate surface area is 109 Å². The number of amides is 1. The first-order chi connectivity index (χ1) is 8.67. The second kappa shape index (κ2) is 7.82. The van der Waals surface area contributed by atoms with E-state index in [1.165, 1.54) is 0 Å². The number of carbonyl (C=O) groups excluding carboxylic acids is 1. The normalized spacial score (nSPS) is 10.4. The van der Waals surface area contributed by atoms with Crippen LogP contribution in [-0.4, -0.2) is 35.9 Å². The van der Waals surface area contributed by atoms with Gasteiger partial charge in [0.15, 0.2) is 0 Å². The maximum atomic E-state index is 12.0. The van der Waals surface area contributed by atoms with E-state index in [0.717, 1.165) is 30.9 Å². The fraction of sp³-hybridized carbons (Fsp3) is 0.571. The van der Waals surface area contributed by atoms with Crippen LogP contribution in [0.2, 0.25) is 0 Å². The van der Waals surface area contributed by atoms with Crippen LogP contribution in [0.25, 0.3) is 0 Å². The van der Waals surface area contributed by atoms with Gasteiger partial charge in [0.1, 0.15) is 0 Å². The molecule has 0 saturated carbocycles. The highest BCUT2D eigenvalue weighted by atomic mass is 16.2. The Morgan fingerprint density at radius 1 is 1.44 bits per heavy atom. The Morgan fingerprint density at radius 3 is 2.83 bits per heavy atom. The highest BCUT2D eigenvalue weighted by Crippen LogP contribution is 2.06. The van der Waals surface area contributed by atoms with Crippen molar-refractivity contribution in [3.63, 3.8) is 0 Å². The Kier molecular flexibility index (Phi) is 6.36. The smallest absolute Gasteiger partial charge is 0.222 e. The molecule has 0 radical (unpaired) electrons. The van der Waals surface area contributed by atoms with Gasteiger partial charge < -0.3 is 10.2 Å². The molecule has 0 aromatic carbocycles. The molecule has 0 fully saturated rings. The summed E-state index contributed by atoms with van der Waals surface area (Å²) < 4.78 is 0. The van der Waals surface area contributed by atoms with Gasteiger partial charge in [0, 0.05) is 18.7 Å². The van der Waals surface area contributed by atoms with Gasteiger partial charge in [0.05, 0.1) is 12.2 Å². The van der Waals surface area contributed by atoms with Gasteiger partial charge in [-0.25, -0.2) is 0 Å². The molecule has 1 amide bonds. The molecule has 1 rings (SSSR count). The van der Waals surface area contributed by atoms with Crippen molar-refractivity contribution in [1.29, 1.82) is 0 Å². The molecule has 1 aromatic rings. The van der Waals surface area contributed by atoms with Crippen molar-refractivity contribution in [2.24, 2.45) is 0 Å². The first kappa shape index (κ1) is 14.6. The second-order valence-electron chi connectivity index (χ2n) is 4.39. The molecule has 0 aliphatic heterocycles. The van der Waals surface area contributed by atoms with Crippen LogP contribution in [0.3, 0.4) is 0 Å². The number of aryl methyl sites for hydroxylation is 1. The number of hydrogen-bond donors (Lipinski definition) is 1. The zero-order chi connectivity index (χ0) is 13.4. The molecule has 1 N–H and O–H groups in total. The summed E-state index contributed by atoms with van der Waals surface area (Å²) in [4.78, 5) is 18.3. The number of carbonyl (C=O) groups is 1. The molecule has 0 atom stereocenters. The zero-order valence-corrected chi connectivity index (χ0v) is 11.6. The third-order valence-electron chi connectivity index (χ3n) is 2.85. The van der Waals surface area contributed by atoms with Crippen LogP contribution >= 0.6 is 0 Å². The minimum absolute atomic E-state index is 0.205. The van der Waals surface area contributed by atoms with Gasteiger partial charge in [0.2, 0.25) is 5.91 Å². The second-order valence-corrected chi connectivity index (χ2v) is 4.39. The van der Waals surface area contributed by atoms with Crippen LogP contribution in [0.15, 0.2) is 18.2 Å². The van der Waals surface area contributed by atoms with Gasteiger partial charge >= 0.3 is 0 Å². The third kappa shape index (κ3) is 4.84. The van der Waals surface area contributed by atoms with Crippen molar-refractivity contribution >= 4 is 5.91 Å². The van der Waals surface area contributed by atoms with Crippen LogP contribution in [0, 0.1) is 6.92 Å². The minimum atomic E-state index is 0.205. The lowest BCUT2D eigenvalue weighted by Crippen LogP contribution is -2.31. The molecule has 0 spiro atoms. The van der Waals surface area contributed by atoms with E-state index in [1.807, 2.05) is 44.0 Å². The predicted octanol–water partition coefficient (Wildman–Crippen LogP) is 1.74. The van der Waals surface area contributed by atoms with Crippen LogP contribution in [0.5, 0.6) is 0 Å². The molecular formula is C14H23N3O. The number of nitrogens with one attached hydrogen (secondary N) is 1. The maximum Gasteiger partial charge on any atom is 0.222 e. The van der Waals surface area contributed by atoms with Crippen molar-refractivity contribution in [3.05, 3.63) is 29.6 Å². The van der Waals surface area contributed by atoms with E-state index < -0.39 is 0 Å². The standard InChI is InChI=1S/C14H23N3O/c1-4-17(14(18)9-6-10-15-3)11-13-8-5-7-12(2)16-13/h5,7-8,15H,4,6,9-11H2,1-3H3. The summed E-state index contributed by atoms with van der Waals surface area (Å²) in [6, 6.07) is 5.92. The minimum Gasteiger partial charge on any atom is -0.337 e. The first-order valence-electron chi connectivity index (χ1n) is 6.52. The fourth-order valence-electron chi connectivity index (χ4n) is 1.83. The van der Waals surface area contributed by atoms with E-state index in [2.05, 4.69) is 10.3 Å². The summed E-state index contributed by atoms with van der Waals surface area (Å²) in [5.74, 6) is 0.205. The van der Waals surface area contributed by atoms with Gasteiger partial charge in [-0.1, -0.05) is 6.07 Å². The average molecular weight is 249 g/mol. The lowest BCUT2D eigenvalue weighted by molar-refractivity contribution is -0.131. The average Bonchev–Trinajstić information content (AvgIpc) is 2.36. The topological polar surface area (TPSA) is 45.2 Å². The summed E-state index contributed by atoms with van der Waals surface area (Å²) in [6.07, 6.45) is 1.48. The van der Waals surface area contributed by atoms with Gasteiger partial charge in [-0.3, -0.25) is 9.78 Å². The van der Waals surface area contributed by atoms with Crippen molar-refractivity contribution in [2.75, 3.05) is 20.1 Å². The number of hydrogen-bond acceptors (Lipinski definition) is 3. The van der Waals surface area contributed by atoms with Crippen LogP contribution in [-0.2, 0) is 11.3 Å². The van der Waals surface area contributed by atoms with Gasteiger partial charge in [0.25, 0.3) is 0 Å². The molecule has 1 heterocycles. The summed E-state index contributed by atoms with van der Waals surface area (Å²) in [7, 11) is 1.90. The summed E-state index contributed by atoms with van der Waals surface area (Å²) in [5, 5.41) is 3.05. The van der Waals surface area contributed by atoms with Gasteiger partial charge in [-0.2, -0.15) is 0 Å². The molecule has 0 bridgehead atoms. The molecule has 0 unspecified atom stereocenters. The van der Waals surface area contributed by atoms with Crippen molar-refractivity contribution in [3.8, 4) is 0 Å². The molecule has 4 heteroatoms. The lowest BCUT2D eigenvalue weighted by Gasteiger charge is -2.20. The molecule has 0 saturated heterocycles. The zero-order valence-electron chi connectivity index (χ0n) is 11.6. The van der Waals surface area contributed by atoms with Crippen LogP contribution < -0.4 is 5.32 Å². The van der Waals surface area contributed by atoms with E-state index in [1.54, 1.807) is 0 Å². The van der Waals surface area contributed by atoms with E-state index in [-0.39, 0.29) is 5.91 Å². The molecule has 1 aromatic heterocycles. The van der Waals surface area contributed by atoms with Crippen molar-refractivity contribution < 1.29 is 4.79 Å². The van der Waals surface area contributed by atoms with Gasteiger partial charge in [-0.05, 0) is 46.0 Å². The van der Waals surface area contributed by atoms with Crippen molar-refractivity contribution in [1.82, 2.24) is 15.2 Å². The van der Waals surface area contributed by atoms with E-state index in [4.69, 9.17) is 0 Å². The molecular weight excluding hydrogens is 226 g/mol. The van der Waals surface area contributed by atoms with Crippen LogP contribution in [0.4, 0.5) is 0 Å². The number of pyridine rings is 1. The number of aromatic nitrogens is 1. The van der Waals surface area contributed by atoms with Crippen molar-refractivity contribution in [2.45, 2.75) is 33.2 Å². The SMILES string of the molecule is CCN(Cc1cccc(C)n1)C(=O)CCCNC. The van der Waals surface area contributed by atoms with E-state index in [9.17, 15) is 4.79 Å². The molecule has 18 heavy (non-hydrogen) atoms. The highest BCUT2D eigenvalue weighted by molar-refractivity contribution is 5.76. The first-order valence-corrected chi connectivity index (χ1v) is 6.52.